The van der Waals surface area contributed by atoms with Crippen LogP contribution in [0.4, 0.5) is 4.79 Å². The summed E-state index contributed by atoms with van der Waals surface area (Å²) in [4.78, 5) is 48.8. The molecule has 0 bridgehead atoms. The molecule has 9 nitrogen and oxygen atoms in total. The number of urea groups is 1. The summed E-state index contributed by atoms with van der Waals surface area (Å²) in [5, 5.41) is 1.80. The van der Waals surface area contributed by atoms with E-state index in [0.29, 0.717) is 11.3 Å². The van der Waals surface area contributed by atoms with E-state index in [4.69, 9.17) is 15.2 Å². The lowest BCUT2D eigenvalue weighted by Gasteiger charge is -2.11. The lowest BCUT2D eigenvalue weighted by molar-refractivity contribution is -0.127. The van der Waals surface area contributed by atoms with E-state index in [1.165, 1.54) is 6.92 Å². The predicted molar refractivity (Wildman–Crippen MR) is 78.8 cm³/mol. The number of aromatic amines is 1. The molecule has 9 heteroatoms. The Bertz CT molecular complexity index is 649. The molecule has 1 unspecified atom stereocenters. The molecule has 0 fully saturated rings. The number of imide groups is 1. The summed E-state index contributed by atoms with van der Waals surface area (Å²) in [6, 6.07) is -1.05. The summed E-state index contributed by atoms with van der Waals surface area (Å²) >= 11 is 0. The molecule has 126 valence electrons. The number of carbonyl (C=O) groups excluding carboxylic acids is 4. The maximum atomic E-state index is 12.1. The first-order valence-electron chi connectivity index (χ1n) is 6.86. The maximum Gasteiger partial charge on any atom is 0.355 e. The topological polar surface area (TPSA) is 141 Å². The second-order valence-electron chi connectivity index (χ2n) is 4.75. The van der Waals surface area contributed by atoms with E-state index >= 15 is 0 Å². The number of aryl methyl sites for hydroxylation is 1. The van der Waals surface area contributed by atoms with Crippen molar-refractivity contribution in [3.05, 3.63) is 22.5 Å². The Kier molecular flexibility index (Phi) is 5.88. The molecule has 4 N–H and O–H groups in total. The highest BCUT2D eigenvalue weighted by Crippen LogP contribution is 2.20. The van der Waals surface area contributed by atoms with E-state index in [1.807, 2.05) is 0 Å². The number of ether oxygens (including phenoxy) is 2. The van der Waals surface area contributed by atoms with Gasteiger partial charge in [-0.3, -0.25) is 10.1 Å². The summed E-state index contributed by atoms with van der Waals surface area (Å²) in [5.41, 5.74) is 5.89. The third kappa shape index (κ3) is 4.31. The second kappa shape index (κ2) is 7.43. The zero-order chi connectivity index (χ0) is 17.7. The van der Waals surface area contributed by atoms with E-state index in [1.54, 1.807) is 26.1 Å². The van der Waals surface area contributed by atoms with Crippen molar-refractivity contribution in [3.63, 3.8) is 0 Å². The van der Waals surface area contributed by atoms with Gasteiger partial charge in [-0.15, -0.1) is 0 Å². The highest BCUT2D eigenvalue weighted by Gasteiger charge is 2.26. The number of rotatable bonds is 5. The van der Waals surface area contributed by atoms with Crippen LogP contribution in [-0.4, -0.2) is 41.6 Å². The molecule has 1 atom stereocenters. The van der Waals surface area contributed by atoms with Crippen molar-refractivity contribution in [2.75, 3.05) is 6.61 Å². The van der Waals surface area contributed by atoms with Gasteiger partial charge < -0.3 is 20.2 Å². The van der Waals surface area contributed by atoms with Crippen molar-refractivity contribution in [2.24, 2.45) is 5.73 Å². The van der Waals surface area contributed by atoms with Crippen LogP contribution in [0.5, 0.6) is 0 Å². The van der Waals surface area contributed by atoms with Crippen LogP contribution in [-0.2, 0) is 14.3 Å². The zero-order valence-electron chi connectivity index (χ0n) is 13.3. The van der Waals surface area contributed by atoms with E-state index < -0.39 is 30.0 Å². The molecule has 1 heterocycles. The molecule has 0 spiro atoms. The van der Waals surface area contributed by atoms with Crippen molar-refractivity contribution in [1.82, 2.24) is 10.3 Å². The Labute approximate surface area is 132 Å². The number of carbonyl (C=O) groups is 4. The lowest BCUT2D eigenvalue weighted by Crippen LogP contribution is -2.42. The van der Waals surface area contributed by atoms with Crippen LogP contribution < -0.4 is 11.1 Å². The Morgan fingerprint density at radius 3 is 2.35 bits per heavy atom. The number of primary amides is 1. The SMILES string of the molecule is CCOC(=O)c1c(C)[nH]c(C(=O)OC(C)C(=O)NC(N)=O)c1C. The average Bonchev–Trinajstić information content (AvgIpc) is 2.73. The minimum atomic E-state index is -1.23. The summed E-state index contributed by atoms with van der Waals surface area (Å²) < 4.78 is 9.87. The molecule has 3 amide bonds. The molecule has 0 aliphatic heterocycles. The van der Waals surface area contributed by atoms with Crippen LogP contribution >= 0.6 is 0 Å². The van der Waals surface area contributed by atoms with Gasteiger partial charge in [-0.05, 0) is 33.3 Å². The van der Waals surface area contributed by atoms with Gasteiger partial charge in [0, 0.05) is 5.69 Å². The zero-order valence-corrected chi connectivity index (χ0v) is 13.3. The third-order valence-electron chi connectivity index (χ3n) is 3.02. The summed E-state index contributed by atoms with van der Waals surface area (Å²) in [5.74, 6) is -2.25. The van der Waals surface area contributed by atoms with Crippen LogP contribution in [0.3, 0.4) is 0 Å². The van der Waals surface area contributed by atoms with Gasteiger partial charge >= 0.3 is 18.0 Å². The first-order valence-corrected chi connectivity index (χ1v) is 6.86. The molecule has 1 aromatic rings. The van der Waals surface area contributed by atoms with Gasteiger partial charge in [0.15, 0.2) is 6.10 Å². The molecule has 1 rings (SSSR count). The minimum absolute atomic E-state index is 0.0317. The largest absolute Gasteiger partial charge is 0.462 e. The van der Waals surface area contributed by atoms with E-state index in [0.717, 1.165) is 0 Å². The fraction of sp³-hybridized carbons (Fsp3) is 0.429. The Morgan fingerprint density at radius 2 is 1.83 bits per heavy atom. The summed E-state index contributed by atoms with van der Waals surface area (Å²) in [6.45, 7) is 6.32. The van der Waals surface area contributed by atoms with Gasteiger partial charge in [-0.1, -0.05) is 0 Å². The minimum Gasteiger partial charge on any atom is -0.462 e. The summed E-state index contributed by atoms with van der Waals surface area (Å²) in [7, 11) is 0. The van der Waals surface area contributed by atoms with Gasteiger partial charge in [0.25, 0.3) is 5.91 Å². The van der Waals surface area contributed by atoms with Crippen molar-refractivity contribution in [2.45, 2.75) is 33.8 Å². The highest BCUT2D eigenvalue weighted by atomic mass is 16.5. The average molecular weight is 325 g/mol. The van der Waals surface area contributed by atoms with Crippen LogP contribution in [0.15, 0.2) is 0 Å². The normalized spacial score (nSPS) is 11.5. The first kappa shape index (κ1) is 18.2. The quantitative estimate of drug-likeness (QED) is 0.675. The molecule has 0 radical (unpaired) electrons. The standard InChI is InChI=1S/C14H19N3O6/c1-5-22-12(19)9-6(2)10(16-7(9)3)13(20)23-8(4)11(18)17-14(15)21/h8,16H,5H2,1-4H3,(H3,15,17,18,21). The Balaban J connectivity index is 2.93. The van der Waals surface area contributed by atoms with Crippen molar-refractivity contribution >= 4 is 23.9 Å². The number of amides is 3. The molecule has 0 aliphatic rings. The number of esters is 2. The molecule has 0 aromatic carbocycles. The number of hydrogen-bond acceptors (Lipinski definition) is 6. The second-order valence-corrected chi connectivity index (χ2v) is 4.75. The Morgan fingerprint density at radius 1 is 1.22 bits per heavy atom. The van der Waals surface area contributed by atoms with Gasteiger partial charge in [0.1, 0.15) is 5.69 Å². The highest BCUT2D eigenvalue weighted by molar-refractivity contribution is 6.00. The van der Waals surface area contributed by atoms with Gasteiger partial charge in [0.2, 0.25) is 0 Å². The monoisotopic (exact) mass is 325 g/mol. The maximum absolute atomic E-state index is 12.1. The number of hydrogen-bond donors (Lipinski definition) is 3. The van der Waals surface area contributed by atoms with Crippen LogP contribution in [0, 0.1) is 13.8 Å². The number of nitrogens with two attached hydrogens (primary N) is 1. The van der Waals surface area contributed by atoms with Crippen molar-refractivity contribution in [1.29, 1.82) is 0 Å². The molecule has 1 aromatic heterocycles. The molecule has 23 heavy (non-hydrogen) atoms. The van der Waals surface area contributed by atoms with Crippen LogP contribution in [0.2, 0.25) is 0 Å². The number of aromatic nitrogens is 1. The third-order valence-corrected chi connectivity index (χ3v) is 3.02. The Hall–Kier alpha value is -2.84. The fourth-order valence-corrected chi connectivity index (χ4v) is 1.96. The number of H-pyrrole nitrogens is 1. The molecule has 0 saturated carbocycles. The van der Waals surface area contributed by atoms with Gasteiger partial charge in [-0.25, -0.2) is 14.4 Å². The van der Waals surface area contributed by atoms with E-state index in [9.17, 15) is 19.2 Å². The predicted octanol–water partition coefficient (Wildman–Crippen LogP) is 0.548. The van der Waals surface area contributed by atoms with E-state index in [-0.39, 0.29) is 17.9 Å². The number of nitrogens with one attached hydrogen (secondary N) is 2. The summed E-state index contributed by atoms with van der Waals surface area (Å²) in [6.07, 6.45) is -1.23. The smallest absolute Gasteiger partial charge is 0.355 e. The van der Waals surface area contributed by atoms with Gasteiger partial charge in [-0.2, -0.15) is 0 Å². The molecular weight excluding hydrogens is 306 g/mol. The molecule has 0 aliphatic carbocycles. The lowest BCUT2D eigenvalue weighted by atomic mass is 10.1. The van der Waals surface area contributed by atoms with Crippen LogP contribution in [0.25, 0.3) is 0 Å². The van der Waals surface area contributed by atoms with Crippen molar-refractivity contribution in [3.8, 4) is 0 Å². The van der Waals surface area contributed by atoms with E-state index in [2.05, 4.69) is 4.98 Å². The van der Waals surface area contributed by atoms with Crippen LogP contribution in [0.1, 0.15) is 46.0 Å². The molecule has 0 saturated heterocycles. The fourth-order valence-electron chi connectivity index (χ4n) is 1.96. The first-order chi connectivity index (χ1) is 10.7. The van der Waals surface area contributed by atoms with Crippen molar-refractivity contribution < 1.29 is 28.7 Å². The van der Waals surface area contributed by atoms with Gasteiger partial charge in [0.05, 0.1) is 12.2 Å². The molecular formula is C14H19N3O6.